The van der Waals surface area contributed by atoms with Crippen LogP contribution in [0.4, 0.5) is 0 Å². The van der Waals surface area contributed by atoms with Gasteiger partial charge < -0.3 is 75.3 Å². The fourth-order valence-corrected chi connectivity index (χ4v) is 9.14. The minimum Gasteiger partial charge on any atom is -0.394 e. The van der Waals surface area contributed by atoms with Crippen LogP contribution in [0.1, 0.15) is 207 Å². The van der Waals surface area contributed by atoms with Crippen molar-refractivity contribution in [3.05, 3.63) is 0 Å². The van der Waals surface area contributed by atoms with Gasteiger partial charge in [-0.05, 0) is 18.8 Å². The lowest BCUT2D eigenvalue weighted by molar-refractivity contribution is -0.359. The molecule has 2 heterocycles. The summed E-state index contributed by atoms with van der Waals surface area (Å²) in [4.78, 5) is 13.3. The van der Waals surface area contributed by atoms with Crippen LogP contribution in [0.5, 0.6) is 0 Å². The van der Waals surface area contributed by atoms with E-state index >= 15 is 0 Å². The number of ether oxygens (including phenoxy) is 4. The lowest BCUT2D eigenvalue weighted by Crippen LogP contribution is -2.65. The highest BCUT2D eigenvalue weighted by Crippen LogP contribution is 2.30. The Hall–Kier alpha value is -1.09. The highest BCUT2D eigenvalue weighted by atomic mass is 16.7. The molecule has 16 heteroatoms. The summed E-state index contributed by atoms with van der Waals surface area (Å²) in [5, 5.41) is 109. The Morgan fingerprint density at radius 2 is 0.970 bits per heavy atom. The molecule has 0 aromatic carbocycles. The summed E-state index contributed by atoms with van der Waals surface area (Å²) < 4.78 is 22.5. The summed E-state index contributed by atoms with van der Waals surface area (Å²) in [5.74, 6) is -0.00968. The number of aliphatic hydroxyl groups excluding tert-OH is 10. The van der Waals surface area contributed by atoms with Gasteiger partial charge in [0.1, 0.15) is 61.0 Å². The van der Waals surface area contributed by atoms with Crippen molar-refractivity contribution < 1.29 is 74.8 Å². The van der Waals surface area contributed by atoms with Gasteiger partial charge in [-0.3, -0.25) is 4.79 Å². The van der Waals surface area contributed by atoms with Gasteiger partial charge in [0.2, 0.25) is 5.91 Å². The Morgan fingerprint density at radius 3 is 1.45 bits per heavy atom. The van der Waals surface area contributed by atoms with Crippen molar-refractivity contribution in [1.29, 1.82) is 0 Å². The number of nitrogens with one attached hydrogen (secondary N) is 1. The summed E-state index contributed by atoms with van der Waals surface area (Å²) in [6, 6.07) is -1.27. The average molecular weight is 966 g/mol. The minimum absolute atomic E-state index is 0.207. The fraction of sp³-hybridized carbons (Fsp3) is 0.980. The van der Waals surface area contributed by atoms with Gasteiger partial charge in [0.05, 0.1) is 32.0 Å². The third-order valence-corrected chi connectivity index (χ3v) is 14.1. The van der Waals surface area contributed by atoms with Crippen LogP contribution in [0.2, 0.25) is 0 Å². The largest absolute Gasteiger partial charge is 0.394 e. The topological polar surface area (TPSA) is 268 Å². The second kappa shape index (κ2) is 37.7. The van der Waals surface area contributed by atoms with E-state index in [4.69, 9.17) is 18.9 Å². The molecule has 0 radical (unpaired) electrons. The van der Waals surface area contributed by atoms with Crippen LogP contribution in [0.3, 0.4) is 0 Å². The molecule has 0 aliphatic carbocycles. The van der Waals surface area contributed by atoms with Crippen LogP contribution in [0.25, 0.3) is 0 Å². The van der Waals surface area contributed by atoms with E-state index in [9.17, 15) is 55.9 Å². The first-order valence-electron chi connectivity index (χ1n) is 26.9. The van der Waals surface area contributed by atoms with Crippen LogP contribution in [0, 0.1) is 5.92 Å². The molecule has 16 nitrogen and oxygen atoms in total. The van der Waals surface area contributed by atoms with Crippen molar-refractivity contribution in [2.45, 2.75) is 293 Å². The highest BCUT2D eigenvalue weighted by Gasteiger charge is 2.51. The van der Waals surface area contributed by atoms with E-state index < -0.39 is 111 Å². The smallest absolute Gasteiger partial charge is 0.249 e. The van der Waals surface area contributed by atoms with Gasteiger partial charge >= 0.3 is 0 Å². The van der Waals surface area contributed by atoms with Crippen LogP contribution >= 0.6 is 0 Å². The zero-order valence-corrected chi connectivity index (χ0v) is 41.8. The molecular formula is C51H99NO15. The number of carbonyl (C=O) groups excluding carboxylic acids is 1. The van der Waals surface area contributed by atoms with Gasteiger partial charge in [-0.15, -0.1) is 0 Å². The van der Waals surface area contributed by atoms with Gasteiger partial charge in [-0.25, -0.2) is 0 Å². The maximum atomic E-state index is 13.3. The molecule has 0 aromatic rings. The lowest BCUT2D eigenvalue weighted by atomic mass is 9.97. The van der Waals surface area contributed by atoms with Crippen LogP contribution in [-0.4, -0.2) is 163 Å². The molecule has 2 rings (SSSR count). The Morgan fingerprint density at radius 1 is 0.537 bits per heavy atom. The van der Waals surface area contributed by atoms with E-state index in [1.807, 2.05) is 0 Å². The highest BCUT2D eigenvalue weighted by molar-refractivity contribution is 5.80. The van der Waals surface area contributed by atoms with Gasteiger partial charge in [0, 0.05) is 0 Å². The minimum atomic E-state index is -1.85. The number of aliphatic hydroxyl groups is 10. The van der Waals surface area contributed by atoms with E-state index in [1.165, 1.54) is 116 Å². The van der Waals surface area contributed by atoms with Crippen molar-refractivity contribution in [3.63, 3.8) is 0 Å². The van der Waals surface area contributed by atoms with Crippen LogP contribution in [-0.2, 0) is 23.7 Å². The summed E-state index contributed by atoms with van der Waals surface area (Å²) >= 11 is 0. The van der Waals surface area contributed by atoms with Crippen molar-refractivity contribution in [2.75, 3.05) is 19.8 Å². The van der Waals surface area contributed by atoms with Gasteiger partial charge in [-0.1, -0.05) is 194 Å². The summed E-state index contributed by atoms with van der Waals surface area (Å²) in [5.41, 5.74) is 0. The second-order valence-corrected chi connectivity index (χ2v) is 19.9. The molecule has 0 bridgehead atoms. The molecule has 2 aliphatic rings. The van der Waals surface area contributed by atoms with E-state index in [0.717, 1.165) is 50.9 Å². The van der Waals surface area contributed by atoms with E-state index in [1.54, 1.807) is 0 Å². The SMILES string of the molecule is CCCCCCCCCCCCCCCCCCCC[C@@H](O)C(=O)N[C@@H](CO[C@@H]1O[C@H](CO)[C@@H](O[C@@H]2O[C@H](CO)[C@H](O)[C@H](O)[C@H]2O)[C@H](O)[C@H]1O)[C@H](O)[C@H](O)CCCCCCCCCC(C)CC. The van der Waals surface area contributed by atoms with Crippen molar-refractivity contribution in [1.82, 2.24) is 5.32 Å². The Bertz CT molecular complexity index is 1190. The molecule has 0 saturated carbocycles. The predicted octanol–water partition coefficient (Wildman–Crippen LogP) is 5.18. The number of amides is 1. The molecular weight excluding hydrogens is 867 g/mol. The quantitative estimate of drug-likeness (QED) is 0.0353. The van der Waals surface area contributed by atoms with Gasteiger partial charge in [0.15, 0.2) is 12.6 Å². The average Bonchev–Trinajstić information content (AvgIpc) is 3.33. The van der Waals surface area contributed by atoms with E-state index in [2.05, 4.69) is 26.1 Å². The summed E-state index contributed by atoms with van der Waals surface area (Å²) in [6.45, 7) is 4.70. The third kappa shape index (κ3) is 24.7. The molecule has 2 saturated heterocycles. The number of hydrogen-bond donors (Lipinski definition) is 11. The van der Waals surface area contributed by atoms with Crippen LogP contribution in [0.15, 0.2) is 0 Å². The molecule has 11 N–H and O–H groups in total. The fourth-order valence-electron chi connectivity index (χ4n) is 9.14. The molecule has 0 spiro atoms. The second-order valence-electron chi connectivity index (χ2n) is 19.9. The summed E-state index contributed by atoms with van der Waals surface area (Å²) in [6.07, 6.45) is 11.4. The summed E-state index contributed by atoms with van der Waals surface area (Å²) in [7, 11) is 0. The molecule has 398 valence electrons. The maximum Gasteiger partial charge on any atom is 0.249 e. The lowest BCUT2D eigenvalue weighted by Gasteiger charge is -2.46. The molecule has 67 heavy (non-hydrogen) atoms. The monoisotopic (exact) mass is 966 g/mol. The number of unbranched alkanes of at least 4 members (excludes halogenated alkanes) is 23. The van der Waals surface area contributed by atoms with E-state index in [-0.39, 0.29) is 12.8 Å². The van der Waals surface area contributed by atoms with Crippen molar-refractivity contribution in [2.24, 2.45) is 5.92 Å². The zero-order valence-electron chi connectivity index (χ0n) is 41.8. The predicted molar refractivity (Wildman–Crippen MR) is 257 cm³/mol. The zero-order chi connectivity index (χ0) is 49.4. The van der Waals surface area contributed by atoms with E-state index in [0.29, 0.717) is 12.8 Å². The molecule has 15 atom stereocenters. The maximum absolute atomic E-state index is 13.3. The Kier molecular flexibility index (Phi) is 34.9. The Balaban J connectivity index is 1.87. The molecule has 2 fully saturated rings. The Labute approximate surface area is 403 Å². The van der Waals surface area contributed by atoms with Crippen molar-refractivity contribution in [3.8, 4) is 0 Å². The molecule has 1 unspecified atom stereocenters. The first kappa shape index (κ1) is 62.0. The molecule has 2 aliphatic heterocycles. The standard InChI is InChI=1S/C51H99NO15/c1-4-6-7-8-9-10-11-12-13-14-15-16-17-18-19-22-26-29-32-39(56)49(63)52-37(42(57)38(55)31-28-25-23-20-21-24-27-30-36(3)5-2)35-64-50-47(62)45(60)48(41(34-54)66-50)67-51-46(61)44(59)43(58)40(33-53)65-51/h36-48,50-51,53-62H,4-35H2,1-3H3,(H,52,63)/t36?,37-,38+,39+,40+,41+,42-,43-,44-,45+,46+,47+,48+,50+,51-/m0/s1. The normalized spacial score (nSPS) is 28.0. The number of carbonyl (C=O) groups is 1. The first-order chi connectivity index (χ1) is 32.3. The molecule has 1 amide bonds. The number of rotatable bonds is 41. The van der Waals surface area contributed by atoms with Gasteiger partial charge in [-0.2, -0.15) is 0 Å². The first-order valence-corrected chi connectivity index (χ1v) is 26.9. The van der Waals surface area contributed by atoms with Crippen LogP contribution < -0.4 is 5.32 Å². The third-order valence-electron chi connectivity index (χ3n) is 14.1. The molecule has 0 aromatic heterocycles. The van der Waals surface area contributed by atoms with Crippen molar-refractivity contribution >= 4 is 5.91 Å². The van der Waals surface area contributed by atoms with Gasteiger partial charge in [0.25, 0.3) is 0 Å². The number of hydrogen-bond acceptors (Lipinski definition) is 15.